The molecule has 0 aliphatic rings. The maximum atomic E-state index is 11.9. The Morgan fingerprint density at radius 3 is 2.67 bits per heavy atom. The minimum atomic E-state index is -3.67. The molecule has 0 aliphatic carbocycles. The summed E-state index contributed by atoms with van der Waals surface area (Å²) in [6.45, 7) is 3.41. The highest BCUT2D eigenvalue weighted by Crippen LogP contribution is 2.23. The number of nitrogens with two attached hydrogens (primary N) is 1. The molecule has 2 rings (SSSR count). The number of sulfonamides is 1. The fourth-order valence-electron chi connectivity index (χ4n) is 1.59. The van der Waals surface area contributed by atoms with Gasteiger partial charge < -0.3 is 10.2 Å². The van der Waals surface area contributed by atoms with E-state index in [1.54, 1.807) is 13.8 Å². The van der Waals surface area contributed by atoms with E-state index in [0.29, 0.717) is 5.52 Å². The second kappa shape index (κ2) is 4.14. The van der Waals surface area contributed by atoms with Gasteiger partial charge in [-0.05, 0) is 19.9 Å². The Kier molecular flexibility index (Phi) is 2.91. The van der Waals surface area contributed by atoms with E-state index in [4.69, 9.17) is 10.2 Å². The van der Waals surface area contributed by atoms with Gasteiger partial charge in [0.1, 0.15) is 5.52 Å². The Balaban J connectivity index is 2.63. The maximum Gasteiger partial charge on any atom is 0.417 e. The van der Waals surface area contributed by atoms with Gasteiger partial charge in [-0.15, -0.1) is 0 Å². The van der Waals surface area contributed by atoms with Gasteiger partial charge >= 0.3 is 5.76 Å². The number of benzene rings is 1. The lowest BCUT2D eigenvalue weighted by atomic mass is 10.3. The third-order valence-electron chi connectivity index (χ3n) is 2.24. The van der Waals surface area contributed by atoms with E-state index in [9.17, 15) is 13.2 Å². The zero-order valence-corrected chi connectivity index (χ0v) is 10.7. The molecule has 2 aromatic rings. The summed E-state index contributed by atoms with van der Waals surface area (Å²) in [6.07, 6.45) is 0. The van der Waals surface area contributed by atoms with Crippen LogP contribution in [0.25, 0.3) is 11.1 Å². The Hall–Kier alpha value is -1.80. The average molecular weight is 271 g/mol. The lowest BCUT2D eigenvalue weighted by Gasteiger charge is -2.09. The number of nitrogen functional groups attached to an aromatic ring is 1. The lowest BCUT2D eigenvalue weighted by Crippen LogP contribution is -2.30. The number of nitrogens with one attached hydrogen (secondary N) is 2. The first kappa shape index (κ1) is 12.7. The standard InChI is InChI=1S/C10H13N3O4S/c1-5(2)13-18(15,16)6-3-7(11)9-8(4-6)17-10(14)12-9/h3-5,13H,11H2,1-2H3,(H,12,14). The zero-order valence-electron chi connectivity index (χ0n) is 9.85. The third kappa shape index (κ3) is 2.24. The molecule has 0 aliphatic heterocycles. The molecule has 0 saturated heterocycles. The van der Waals surface area contributed by atoms with Gasteiger partial charge in [0.25, 0.3) is 0 Å². The molecule has 0 fully saturated rings. The first-order valence-electron chi connectivity index (χ1n) is 5.24. The number of aromatic amines is 1. The summed E-state index contributed by atoms with van der Waals surface area (Å²) in [7, 11) is -3.67. The highest BCUT2D eigenvalue weighted by molar-refractivity contribution is 7.89. The van der Waals surface area contributed by atoms with Crippen molar-refractivity contribution in [1.29, 1.82) is 0 Å². The van der Waals surface area contributed by atoms with Gasteiger partial charge in [0.05, 0.1) is 10.6 Å². The van der Waals surface area contributed by atoms with Crippen molar-refractivity contribution in [2.45, 2.75) is 24.8 Å². The summed E-state index contributed by atoms with van der Waals surface area (Å²) in [5.41, 5.74) is 6.23. The number of hydrogen-bond donors (Lipinski definition) is 3. The van der Waals surface area contributed by atoms with Gasteiger partial charge in [0, 0.05) is 12.1 Å². The predicted molar refractivity (Wildman–Crippen MR) is 66.7 cm³/mol. The Bertz CT molecular complexity index is 742. The van der Waals surface area contributed by atoms with Crippen LogP contribution in [0.2, 0.25) is 0 Å². The first-order valence-corrected chi connectivity index (χ1v) is 6.72. The van der Waals surface area contributed by atoms with Crippen molar-refractivity contribution >= 4 is 26.8 Å². The van der Waals surface area contributed by atoms with Gasteiger partial charge in [0.15, 0.2) is 5.58 Å². The van der Waals surface area contributed by atoms with E-state index in [1.807, 2.05) is 0 Å². The smallest absolute Gasteiger partial charge is 0.408 e. The van der Waals surface area contributed by atoms with Crippen LogP contribution in [-0.2, 0) is 10.0 Å². The van der Waals surface area contributed by atoms with Crippen molar-refractivity contribution in [3.05, 3.63) is 22.7 Å². The molecule has 0 atom stereocenters. The van der Waals surface area contributed by atoms with Gasteiger partial charge in [-0.25, -0.2) is 17.9 Å². The number of rotatable bonds is 3. The van der Waals surface area contributed by atoms with Crippen molar-refractivity contribution in [2.24, 2.45) is 0 Å². The maximum absolute atomic E-state index is 11.9. The minimum absolute atomic E-state index is 0.0380. The number of fused-ring (bicyclic) bond motifs is 1. The van der Waals surface area contributed by atoms with Crippen molar-refractivity contribution < 1.29 is 12.8 Å². The van der Waals surface area contributed by atoms with Crippen LogP contribution in [0.1, 0.15) is 13.8 Å². The molecule has 0 radical (unpaired) electrons. The van der Waals surface area contributed by atoms with Crippen molar-refractivity contribution in [3.8, 4) is 0 Å². The Labute approximate surface area is 103 Å². The first-order chi connectivity index (χ1) is 8.29. The van der Waals surface area contributed by atoms with E-state index < -0.39 is 15.8 Å². The van der Waals surface area contributed by atoms with Gasteiger partial charge in [0.2, 0.25) is 10.0 Å². The fraction of sp³-hybridized carbons (Fsp3) is 0.300. The van der Waals surface area contributed by atoms with Crippen molar-refractivity contribution in [3.63, 3.8) is 0 Å². The molecule has 1 aromatic carbocycles. The van der Waals surface area contributed by atoms with Gasteiger partial charge in [-0.1, -0.05) is 0 Å². The summed E-state index contributed by atoms with van der Waals surface area (Å²) in [4.78, 5) is 13.4. The van der Waals surface area contributed by atoms with Crippen molar-refractivity contribution in [1.82, 2.24) is 9.71 Å². The summed E-state index contributed by atoms with van der Waals surface area (Å²) in [5, 5.41) is 0. The molecule has 8 heteroatoms. The summed E-state index contributed by atoms with van der Waals surface area (Å²) in [5.74, 6) is -0.678. The van der Waals surface area contributed by atoms with Crippen molar-refractivity contribution in [2.75, 3.05) is 5.73 Å². The number of hydrogen-bond acceptors (Lipinski definition) is 5. The van der Waals surface area contributed by atoms with Crippen LogP contribution in [0.5, 0.6) is 0 Å². The lowest BCUT2D eigenvalue weighted by molar-refractivity contribution is 0.552. The van der Waals surface area contributed by atoms with Crippen LogP contribution in [0.3, 0.4) is 0 Å². The minimum Gasteiger partial charge on any atom is -0.408 e. The topological polar surface area (TPSA) is 118 Å². The van der Waals surface area contributed by atoms with Crippen LogP contribution in [0.4, 0.5) is 5.69 Å². The second-order valence-corrected chi connectivity index (χ2v) is 5.89. The molecule has 7 nitrogen and oxygen atoms in total. The van der Waals surface area contributed by atoms with Crippen LogP contribution >= 0.6 is 0 Å². The Morgan fingerprint density at radius 2 is 2.06 bits per heavy atom. The second-order valence-electron chi connectivity index (χ2n) is 4.18. The predicted octanol–water partition coefficient (Wildman–Crippen LogP) is 0.390. The van der Waals surface area contributed by atoms with Crippen LogP contribution in [0, 0.1) is 0 Å². The average Bonchev–Trinajstić information content (AvgIpc) is 2.57. The molecule has 1 aromatic heterocycles. The Morgan fingerprint density at radius 1 is 1.39 bits per heavy atom. The normalized spacial score (nSPS) is 12.4. The highest BCUT2D eigenvalue weighted by atomic mass is 32.2. The van der Waals surface area contributed by atoms with E-state index in [-0.39, 0.29) is 22.2 Å². The SMILES string of the molecule is CC(C)NS(=O)(=O)c1cc(N)c2[nH]c(=O)oc2c1. The zero-order chi connectivity index (χ0) is 13.5. The molecule has 4 N–H and O–H groups in total. The van der Waals surface area contributed by atoms with E-state index in [0.717, 1.165) is 0 Å². The van der Waals surface area contributed by atoms with Crippen LogP contribution < -0.4 is 16.2 Å². The van der Waals surface area contributed by atoms with E-state index >= 15 is 0 Å². The molecule has 0 spiro atoms. The molecule has 0 saturated carbocycles. The van der Waals surface area contributed by atoms with Gasteiger partial charge in [-0.2, -0.15) is 0 Å². The number of anilines is 1. The third-order valence-corrected chi connectivity index (χ3v) is 3.88. The highest BCUT2D eigenvalue weighted by Gasteiger charge is 2.18. The summed E-state index contributed by atoms with van der Waals surface area (Å²) in [6, 6.07) is 2.29. The molecule has 0 unspecified atom stereocenters. The quantitative estimate of drug-likeness (QED) is 0.698. The van der Waals surface area contributed by atoms with Crippen LogP contribution in [0.15, 0.2) is 26.2 Å². The molecular weight excluding hydrogens is 258 g/mol. The van der Waals surface area contributed by atoms with E-state index in [1.165, 1.54) is 12.1 Å². The number of aromatic nitrogens is 1. The largest absolute Gasteiger partial charge is 0.417 e. The monoisotopic (exact) mass is 271 g/mol. The summed E-state index contributed by atoms with van der Waals surface area (Å²) >= 11 is 0. The molecule has 98 valence electrons. The molecular formula is C10H13N3O4S. The molecule has 0 bridgehead atoms. The van der Waals surface area contributed by atoms with Crippen LogP contribution in [-0.4, -0.2) is 19.4 Å². The molecule has 18 heavy (non-hydrogen) atoms. The van der Waals surface area contributed by atoms with E-state index in [2.05, 4.69) is 9.71 Å². The van der Waals surface area contributed by atoms with Gasteiger partial charge in [-0.3, -0.25) is 4.98 Å². The number of oxazole rings is 1. The molecule has 0 amide bonds. The molecule has 1 heterocycles. The summed E-state index contributed by atoms with van der Waals surface area (Å²) < 4.78 is 31.1. The number of H-pyrrole nitrogens is 1. The fourth-order valence-corrected chi connectivity index (χ4v) is 2.89.